The topological polar surface area (TPSA) is 28.2 Å². The molecule has 0 radical (unpaired) electrons. The fourth-order valence-corrected chi connectivity index (χ4v) is 2.07. The van der Waals surface area contributed by atoms with Gasteiger partial charge >= 0.3 is 0 Å². The molecule has 2 heterocycles. The largest absolute Gasteiger partial charge is 0.314 e. The van der Waals surface area contributed by atoms with Crippen LogP contribution in [-0.2, 0) is 0 Å². The zero-order chi connectivity index (χ0) is 12.3. The van der Waals surface area contributed by atoms with E-state index in [-0.39, 0.29) is 5.56 Å². The van der Waals surface area contributed by atoms with Crippen LogP contribution in [0.15, 0.2) is 18.3 Å². The number of rotatable bonds is 3. The molecule has 1 aromatic heterocycles. The molecule has 0 amide bonds. The first-order valence-electron chi connectivity index (χ1n) is 5.53. The minimum absolute atomic E-state index is 0.0237. The summed E-state index contributed by atoms with van der Waals surface area (Å²) in [6.07, 6.45) is -1.36. The zero-order valence-electron chi connectivity index (χ0n) is 9.24. The van der Waals surface area contributed by atoms with E-state index in [9.17, 15) is 13.2 Å². The maximum absolute atomic E-state index is 13.5. The van der Waals surface area contributed by atoms with Crippen molar-refractivity contribution in [3.05, 3.63) is 29.8 Å². The van der Waals surface area contributed by atoms with E-state index < -0.39 is 18.4 Å². The lowest BCUT2D eigenvalue weighted by Gasteiger charge is -2.34. The number of halogens is 3. The van der Waals surface area contributed by atoms with E-state index in [1.54, 1.807) is 4.90 Å². The summed E-state index contributed by atoms with van der Waals surface area (Å²) in [6.45, 7) is 2.27. The number of piperazine rings is 1. The monoisotopic (exact) mass is 245 g/mol. The van der Waals surface area contributed by atoms with E-state index in [2.05, 4.69) is 10.3 Å². The lowest BCUT2D eigenvalue weighted by molar-refractivity contribution is 0.0160. The maximum Gasteiger partial charge on any atom is 0.258 e. The average molecular weight is 245 g/mol. The van der Waals surface area contributed by atoms with Crippen molar-refractivity contribution in [2.45, 2.75) is 12.5 Å². The third-order valence-corrected chi connectivity index (χ3v) is 2.89. The van der Waals surface area contributed by atoms with E-state index in [0.29, 0.717) is 26.2 Å². The number of aromatic nitrogens is 1. The van der Waals surface area contributed by atoms with Crippen LogP contribution in [0, 0.1) is 5.95 Å². The van der Waals surface area contributed by atoms with Crippen LogP contribution in [-0.4, -0.2) is 42.5 Å². The summed E-state index contributed by atoms with van der Waals surface area (Å²) in [5.74, 6) is -0.809. The fourth-order valence-electron chi connectivity index (χ4n) is 2.07. The summed E-state index contributed by atoms with van der Waals surface area (Å²) < 4.78 is 39.7. The van der Waals surface area contributed by atoms with Crippen molar-refractivity contribution in [2.75, 3.05) is 26.2 Å². The summed E-state index contributed by atoms with van der Waals surface area (Å²) >= 11 is 0. The van der Waals surface area contributed by atoms with Crippen LogP contribution in [0.3, 0.4) is 0 Å². The Hall–Kier alpha value is -1.14. The minimum atomic E-state index is -2.62. The molecule has 0 spiro atoms. The van der Waals surface area contributed by atoms with Crippen molar-refractivity contribution in [3.8, 4) is 0 Å². The van der Waals surface area contributed by atoms with Crippen molar-refractivity contribution in [3.63, 3.8) is 0 Å². The van der Waals surface area contributed by atoms with Gasteiger partial charge in [-0.1, -0.05) is 6.07 Å². The molecule has 6 heteroatoms. The third-order valence-electron chi connectivity index (χ3n) is 2.89. The molecule has 3 nitrogen and oxygen atoms in total. The van der Waals surface area contributed by atoms with Crippen molar-refractivity contribution < 1.29 is 13.2 Å². The van der Waals surface area contributed by atoms with Gasteiger partial charge in [0.1, 0.15) is 6.04 Å². The summed E-state index contributed by atoms with van der Waals surface area (Å²) in [4.78, 5) is 5.03. The van der Waals surface area contributed by atoms with Gasteiger partial charge in [-0.05, 0) is 6.07 Å². The van der Waals surface area contributed by atoms with Crippen LogP contribution in [0.1, 0.15) is 11.6 Å². The van der Waals surface area contributed by atoms with Crippen molar-refractivity contribution in [1.29, 1.82) is 0 Å². The molecule has 94 valence electrons. The number of nitrogens with one attached hydrogen (secondary N) is 1. The van der Waals surface area contributed by atoms with Crippen LogP contribution >= 0.6 is 0 Å². The van der Waals surface area contributed by atoms with Gasteiger partial charge in [0.2, 0.25) is 5.95 Å². The van der Waals surface area contributed by atoms with Crippen LogP contribution in [0.4, 0.5) is 13.2 Å². The minimum Gasteiger partial charge on any atom is -0.314 e. The van der Waals surface area contributed by atoms with Gasteiger partial charge < -0.3 is 5.32 Å². The molecule has 1 saturated heterocycles. The second-order valence-electron chi connectivity index (χ2n) is 3.95. The number of hydrogen-bond donors (Lipinski definition) is 1. The first-order valence-corrected chi connectivity index (χ1v) is 5.53. The molecule has 1 atom stereocenters. The van der Waals surface area contributed by atoms with Gasteiger partial charge in [0.25, 0.3) is 6.43 Å². The summed E-state index contributed by atoms with van der Waals surface area (Å²) in [5, 5.41) is 3.08. The van der Waals surface area contributed by atoms with Crippen LogP contribution < -0.4 is 5.32 Å². The second-order valence-corrected chi connectivity index (χ2v) is 3.95. The molecule has 1 N–H and O–H groups in total. The van der Waals surface area contributed by atoms with E-state index >= 15 is 0 Å². The molecule has 1 aliphatic rings. The molecule has 0 aromatic carbocycles. The average Bonchev–Trinajstić information content (AvgIpc) is 2.33. The summed E-state index contributed by atoms with van der Waals surface area (Å²) in [6, 6.07) is 1.66. The normalized spacial score (nSPS) is 19.5. The number of alkyl halides is 2. The first kappa shape index (κ1) is 12.3. The summed E-state index contributed by atoms with van der Waals surface area (Å²) in [7, 11) is 0. The van der Waals surface area contributed by atoms with Gasteiger partial charge in [-0.15, -0.1) is 0 Å². The molecular weight excluding hydrogens is 231 g/mol. The Bertz CT molecular complexity index is 367. The molecule has 0 aliphatic carbocycles. The van der Waals surface area contributed by atoms with Crippen molar-refractivity contribution in [2.24, 2.45) is 0 Å². The molecular formula is C11H14F3N3. The van der Waals surface area contributed by atoms with Gasteiger partial charge in [-0.25, -0.2) is 13.8 Å². The highest BCUT2D eigenvalue weighted by Crippen LogP contribution is 2.28. The molecule has 1 fully saturated rings. The van der Waals surface area contributed by atoms with Gasteiger partial charge in [0.15, 0.2) is 0 Å². The van der Waals surface area contributed by atoms with E-state index in [1.165, 1.54) is 18.3 Å². The molecule has 2 rings (SSSR count). The quantitative estimate of drug-likeness (QED) is 0.817. The SMILES string of the molecule is Fc1ncccc1[C@H](C(F)F)N1CCNCC1. The molecule has 17 heavy (non-hydrogen) atoms. The molecule has 0 unspecified atom stereocenters. The summed E-state index contributed by atoms with van der Waals surface area (Å²) in [5.41, 5.74) is -0.0237. The van der Waals surface area contributed by atoms with E-state index in [4.69, 9.17) is 0 Å². The van der Waals surface area contributed by atoms with E-state index in [0.717, 1.165) is 0 Å². The molecule has 1 aliphatic heterocycles. The Balaban J connectivity index is 2.25. The van der Waals surface area contributed by atoms with Crippen molar-refractivity contribution >= 4 is 0 Å². The predicted molar refractivity (Wildman–Crippen MR) is 57.4 cm³/mol. The van der Waals surface area contributed by atoms with Crippen LogP contribution in [0.5, 0.6) is 0 Å². The Morgan fingerprint density at radius 1 is 1.29 bits per heavy atom. The smallest absolute Gasteiger partial charge is 0.258 e. The van der Waals surface area contributed by atoms with Crippen molar-refractivity contribution in [1.82, 2.24) is 15.2 Å². The van der Waals surface area contributed by atoms with Crippen LogP contribution in [0.2, 0.25) is 0 Å². The van der Waals surface area contributed by atoms with Gasteiger partial charge in [0.05, 0.1) is 0 Å². The van der Waals surface area contributed by atoms with Gasteiger partial charge in [-0.3, -0.25) is 4.90 Å². The third kappa shape index (κ3) is 2.76. The highest BCUT2D eigenvalue weighted by Gasteiger charge is 2.32. The number of hydrogen-bond acceptors (Lipinski definition) is 3. The zero-order valence-corrected chi connectivity index (χ0v) is 9.24. The molecule has 0 bridgehead atoms. The Morgan fingerprint density at radius 2 is 2.00 bits per heavy atom. The number of nitrogens with zero attached hydrogens (tertiary/aromatic N) is 2. The van der Waals surface area contributed by atoms with E-state index in [1.807, 2.05) is 0 Å². The Labute approximate surface area is 97.6 Å². The van der Waals surface area contributed by atoms with Gasteiger partial charge in [0, 0.05) is 37.9 Å². The maximum atomic E-state index is 13.5. The predicted octanol–water partition coefficient (Wildman–Crippen LogP) is 1.43. The molecule has 0 saturated carbocycles. The fraction of sp³-hybridized carbons (Fsp3) is 0.545. The lowest BCUT2D eigenvalue weighted by Crippen LogP contribution is -2.47. The highest BCUT2D eigenvalue weighted by atomic mass is 19.3. The van der Waals surface area contributed by atoms with Gasteiger partial charge in [-0.2, -0.15) is 4.39 Å². The Morgan fingerprint density at radius 3 is 2.59 bits per heavy atom. The lowest BCUT2D eigenvalue weighted by atomic mass is 10.1. The molecule has 1 aromatic rings. The number of pyridine rings is 1. The highest BCUT2D eigenvalue weighted by molar-refractivity contribution is 5.17. The first-order chi connectivity index (χ1) is 8.20. The Kier molecular flexibility index (Phi) is 3.96. The second kappa shape index (κ2) is 5.46. The standard InChI is InChI=1S/C11H14F3N3/c12-10(13)9(17-6-4-15-5-7-17)8-2-1-3-16-11(8)14/h1-3,9-10,15H,4-7H2/t9-/m1/s1. The van der Waals surface area contributed by atoms with Crippen LogP contribution in [0.25, 0.3) is 0 Å².